The Bertz CT molecular complexity index is 51.4. The molecule has 0 saturated heterocycles. The van der Waals surface area contributed by atoms with Gasteiger partial charge in [0.15, 0.2) is 0 Å². The van der Waals surface area contributed by atoms with Crippen molar-refractivity contribution in [3.8, 4) is 0 Å². The molecule has 0 aromatic rings. The Labute approximate surface area is 42.2 Å². The second kappa shape index (κ2) is 2.42. The molecule has 0 spiro atoms. The molecule has 0 saturated carbocycles. The van der Waals surface area contributed by atoms with Crippen molar-refractivity contribution in [2.75, 3.05) is 6.54 Å². The summed E-state index contributed by atoms with van der Waals surface area (Å²) in [6.07, 6.45) is 0. The van der Waals surface area contributed by atoms with Gasteiger partial charge in [-0.15, -0.1) is 11.7 Å². The molecule has 0 radical (unpaired) electrons. The van der Waals surface area contributed by atoms with Crippen molar-refractivity contribution < 1.29 is 11.7 Å². The highest BCUT2D eigenvalue weighted by atomic mass is 32.3. The zero-order chi connectivity index (χ0) is 5.91. The van der Waals surface area contributed by atoms with Crippen LogP contribution in [0.5, 0.6) is 0 Å². The van der Waals surface area contributed by atoms with Gasteiger partial charge in [0.25, 0.3) is 11.4 Å². The minimum atomic E-state index is -4.92. The Balaban J connectivity index is 3.15. The predicted molar refractivity (Wildman–Crippen MR) is 24.6 cm³/mol. The first-order chi connectivity index (χ1) is 3.06. The molecular formula is C2H6F3NS. The monoisotopic (exact) mass is 133 g/mol. The van der Waals surface area contributed by atoms with Crippen molar-refractivity contribution in [3.63, 3.8) is 0 Å². The lowest BCUT2D eigenvalue weighted by Crippen LogP contribution is -2.07. The maximum Gasteiger partial charge on any atom is 0.275 e. The first-order valence-electron chi connectivity index (χ1n) is 1.73. The summed E-state index contributed by atoms with van der Waals surface area (Å²) in [5.74, 6) is 0. The molecule has 0 aliphatic carbocycles. The predicted octanol–water partition coefficient (Wildman–Crippen LogP) is 1.97. The SMILES string of the molecule is CCNS(F)(F)F. The lowest BCUT2D eigenvalue weighted by atomic mass is 10.8. The summed E-state index contributed by atoms with van der Waals surface area (Å²) in [6.45, 7) is 1.39. The molecule has 0 aromatic heterocycles. The summed E-state index contributed by atoms with van der Waals surface area (Å²) in [5, 5.41) is 0. The standard InChI is InChI=1S/C2H6F3NS/c1-2-6-7(3,4)5/h6H,2H2,1H3. The fourth-order valence-electron chi connectivity index (χ4n) is 0.164. The minimum absolute atomic E-state index is 0.0289. The highest BCUT2D eigenvalue weighted by Gasteiger charge is 2.16. The molecule has 0 fully saturated rings. The zero-order valence-electron chi connectivity index (χ0n) is 3.75. The molecule has 0 rings (SSSR count). The van der Waals surface area contributed by atoms with Gasteiger partial charge in [0, 0.05) is 6.54 Å². The first-order valence-corrected chi connectivity index (χ1v) is 3.06. The molecule has 0 unspecified atom stereocenters. The average Bonchev–Trinajstić information content (AvgIpc) is 1.30. The van der Waals surface area contributed by atoms with E-state index in [0.717, 1.165) is 0 Å². The summed E-state index contributed by atoms with van der Waals surface area (Å²) < 4.78 is 34.5. The normalized spacial score (nSPS) is 14.3. The third kappa shape index (κ3) is 6.10. The Kier molecular flexibility index (Phi) is 2.45. The van der Waals surface area contributed by atoms with E-state index >= 15 is 0 Å². The maximum absolute atomic E-state index is 11.0. The van der Waals surface area contributed by atoms with Crippen LogP contribution in [0.25, 0.3) is 0 Å². The van der Waals surface area contributed by atoms with Gasteiger partial charge in [-0.2, -0.15) is 0 Å². The molecule has 0 bridgehead atoms. The summed E-state index contributed by atoms with van der Waals surface area (Å²) in [7, 11) is 0. The van der Waals surface area contributed by atoms with Crippen molar-refractivity contribution in [1.29, 1.82) is 0 Å². The van der Waals surface area contributed by atoms with E-state index in [9.17, 15) is 11.7 Å². The van der Waals surface area contributed by atoms with E-state index in [4.69, 9.17) is 0 Å². The van der Waals surface area contributed by atoms with Crippen LogP contribution >= 0.6 is 11.4 Å². The van der Waals surface area contributed by atoms with Crippen LogP contribution < -0.4 is 4.72 Å². The van der Waals surface area contributed by atoms with Crippen molar-refractivity contribution in [2.45, 2.75) is 6.92 Å². The number of hydrogen-bond donors (Lipinski definition) is 1. The van der Waals surface area contributed by atoms with E-state index in [0.29, 0.717) is 0 Å². The van der Waals surface area contributed by atoms with Crippen LogP contribution in [0.1, 0.15) is 6.92 Å². The number of halogens is 3. The molecule has 0 aliphatic rings. The van der Waals surface area contributed by atoms with E-state index in [-0.39, 0.29) is 6.54 Å². The average molecular weight is 133 g/mol. The fourth-order valence-corrected chi connectivity index (χ4v) is 0.491. The lowest BCUT2D eigenvalue weighted by molar-refractivity contribution is 0.605. The molecule has 0 heterocycles. The summed E-state index contributed by atoms with van der Waals surface area (Å²) in [6, 6.07) is 0. The van der Waals surface area contributed by atoms with Crippen molar-refractivity contribution in [1.82, 2.24) is 4.72 Å². The van der Waals surface area contributed by atoms with Crippen LogP contribution in [0.4, 0.5) is 11.7 Å². The maximum atomic E-state index is 11.0. The summed E-state index contributed by atoms with van der Waals surface area (Å²) in [4.78, 5) is 0. The highest BCUT2D eigenvalue weighted by molar-refractivity contribution is 8.19. The van der Waals surface area contributed by atoms with Crippen LogP contribution in [0.15, 0.2) is 0 Å². The number of rotatable bonds is 2. The molecular weight excluding hydrogens is 127 g/mol. The van der Waals surface area contributed by atoms with E-state index < -0.39 is 11.4 Å². The Morgan fingerprint density at radius 1 is 1.43 bits per heavy atom. The van der Waals surface area contributed by atoms with Crippen LogP contribution in [0, 0.1) is 0 Å². The third-order valence-corrected chi connectivity index (χ3v) is 0.924. The van der Waals surface area contributed by atoms with Gasteiger partial charge < -0.3 is 0 Å². The smallest absolute Gasteiger partial charge is 0.206 e. The van der Waals surface area contributed by atoms with E-state index in [2.05, 4.69) is 0 Å². The fraction of sp³-hybridized carbons (Fsp3) is 1.00. The Hall–Kier alpha value is 0.100. The lowest BCUT2D eigenvalue weighted by Gasteiger charge is -2.07. The molecule has 1 N–H and O–H groups in total. The van der Waals surface area contributed by atoms with Crippen molar-refractivity contribution in [2.24, 2.45) is 0 Å². The molecule has 1 nitrogen and oxygen atoms in total. The topological polar surface area (TPSA) is 12.0 Å². The van der Waals surface area contributed by atoms with Crippen LogP contribution in [0.3, 0.4) is 0 Å². The first kappa shape index (κ1) is 7.10. The van der Waals surface area contributed by atoms with Gasteiger partial charge in [0.2, 0.25) is 0 Å². The highest BCUT2D eigenvalue weighted by Crippen LogP contribution is 2.48. The van der Waals surface area contributed by atoms with Crippen molar-refractivity contribution >= 4 is 11.4 Å². The molecule has 7 heavy (non-hydrogen) atoms. The molecule has 0 aliphatic heterocycles. The number of hydrogen-bond acceptors (Lipinski definition) is 1. The molecule has 0 atom stereocenters. The van der Waals surface area contributed by atoms with Crippen molar-refractivity contribution in [3.05, 3.63) is 0 Å². The van der Waals surface area contributed by atoms with E-state index in [1.165, 1.54) is 11.6 Å². The van der Waals surface area contributed by atoms with Gasteiger partial charge in [-0.05, 0) is 0 Å². The van der Waals surface area contributed by atoms with Gasteiger partial charge in [0.1, 0.15) is 0 Å². The largest absolute Gasteiger partial charge is 0.275 e. The molecule has 5 heteroatoms. The summed E-state index contributed by atoms with van der Waals surface area (Å²) in [5.41, 5.74) is 0. The van der Waals surface area contributed by atoms with E-state index in [1.54, 1.807) is 0 Å². The van der Waals surface area contributed by atoms with Gasteiger partial charge in [-0.3, -0.25) is 0 Å². The van der Waals surface area contributed by atoms with Gasteiger partial charge in [-0.25, -0.2) is 4.72 Å². The third-order valence-electron chi connectivity index (χ3n) is 0.308. The Morgan fingerprint density at radius 3 is 1.86 bits per heavy atom. The zero-order valence-corrected chi connectivity index (χ0v) is 4.57. The van der Waals surface area contributed by atoms with Gasteiger partial charge in [-0.1, -0.05) is 6.92 Å². The molecule has 0 amide bonds. The van der Waals surface area contributed by atoms with E-state index in [1.807, 2.05) is 0 Å². The van der Waals surface area contributed by atoms with Crippen LogP contribution in [-0.4, -0.2) is 6.54 Å². The second-order valence-corrected chi connectivity index (χ2v) is 2.01. The van der Waals surface area contributed by atoms with Crippen LogP contribution in [-0.2, 0) is 0 Å². The Morgan fingerprint density at radius 2 is 1.86 bits per heavy atom. The van der Waals surface area contributed by atoms with Gasteiger partial charge in [0.05, 0.1) is 0 Å². The molecule has 0 aromatic carbocycles. The molecule has 46 valence electrons. The second-order valence-electron chi connectivity index (χ2n) is 0.904. The minimum Gasteiger partial charge on any atom is -0.206 e. The number of nitrogens with one attached hydrogen (secondary N) is 1. The quantitative estimate of drug-likeness (QED) is 0.607. The van der Waals surface area contributed by atoms with Gasteiger partial charge >= 0.3 is 0 Å². The summed E-state index contributed by atoms with van der Waals surface area (Å²) >= 11 is -4.92. The van der Waals surface area contributed by atoms with Crippen LogP contribution in [0.2, 0.25) is 0 Å².